The maximum Gasteiger partial charge on any atom is 0.305 e. The van der Waals surface area contributed by atoms with Gasteiger partial charge in [-0.2, -0.15) is 0 Å². The molecule has 0 bridgehead atoms. The van der Waals surface area contributed by atoms with E-state index >= 15 is 0 Å². The van der Waals surface area contributed by atoms with E-state index in [0.29, 0.717) is 12.2 Å². The molecule has 0 radical (unpaired) electrons. The van der Waals surface area contributed by atoms with Crippen LogP contribution in [0.3, 0.4) is 0 Å². The van der Waals surface area contributed by atoms with E-state index in [0.717, 1.165) is 5.56 Å². The number of carboxylic acids is 1. The number of rotatable bonds is 13. The minimum atomic E-state index is -0.996. The topological polar surface area (TPSA) is 148 Å². The van der Waals surface area contributed by atoms with Crippen LogP contribution in [0, 0.1) is 0 Å². The molecule has 2 atom stereocenters. The van der Waals surface area contributed by atoms with E-state index < -0.39 is 18.1 Å². The van der Waals surface area contributed by atoms with Gasteiger partial charge in [-0.15, -0.1) is 0 Å². The number of ether oxygens (including phenoxy) is 1. The average molecular weight is 407 g/mol. The fourth-order valence-corrected chi connectivity index (χ4v) is 2.45. The lowest BCUT2D eigenvalue weighted by Crippen LogP contribution is -2.35. The summed E-state index contributed by atoms with van der Waals surface area (Å²) in [6.07, 6.45) is 0.297. The highest BCUT2D eigenvalue weighted by molar-refractivity contribution is 5.84. The van der Waals surface area contributed by atoms with Gasteiger partial charge in [-0.25, -0.2) is 0 Å². The van der Waals surface area contributed by atoms with Crippen LogP contribution in [-0.2, 0) is 25.6 Å². The van der Waals surface area contributed by atoms with Crippen molar-refractivity contribution in [1.29, 1.82) is 0 Å². The van der Waals surface area contributed by atoms with Gasteiger partial charge in [0.05, 0.1) is 19.0 Å². The van der Waals surface area contributed by atoms with E-state index in [9.17, 15) is 19.2 Å². The normalized spacial score (nSPS) is 12.5. The van der Waals surface area contributed by atoms with E-state index in [1.54, 1.807) is 19.1 Å². The summed E-state index contributed by atoms with van der Waals surface area (Å²) in [7, 11) is 0. The molecular weight excluding hydrogens is 378 g/mol. The van der Waals surface area contributed by atoms with Crippen LogP contribution in [0.1, 0.15) is 38.7 Å². The Morgan fingerprint density at radius 2 is 1.72 bits per heavy atom. The highest BCUT2D eigenvalue weighted by Gasteiger charge is 2.12. The second kappa shape index (κ2) is 12.5. The maximum atomic E-state index is 11.7. The van der Waals surface area contributed by atoms with Gasteiger partial charge in [0.1, 0.15) is 18.1 Å². The number of benzene rings is 1. The van der Waals surface area contributed by atoms with Crippen LogP contribution in [0.4, 0.5) is 0 Å². The molecule has 0 fully saturated rings. The Morgan fingerprint density at radius 3 is 2.31 bits per heavy atom. The first-order valence-corrected chi connectivity index (χ1v) is 9.43. The Hall–Kier alpha value is -2.94. The third-order valence-corrected chi connectivity index (χ3v) is 4.06. The fourth-order valence-electron chi connectivity index (χ4n) is 2.45. The molecule has 9 heteroatoms. The van der Waals surface area contributed by atoms with Crippen LogP contribution >= 0.6 is 0 Å². The summed E-state index contributed by atoms with van der Waals surface area (Å²) in [6, 6.07) is 6.21. The zero-order valence-corrected chi connectivity index (χ0v) is 16.8. The molecule has 1 aromatic rings. The summed E-state index contributed by atoms with van der Waals surface area (Å²) in [5.41, 5.74) is 6.66. The first kappa shape index (κ1) is 24.1. The third-order valence-electron chi connectivity index (χ3n) is 4.06. The first-order valence-electron chi connectivity index (χ1n) is 9.43. The van der Waals surface area contributed by atoms with Gasteiger partial charge < -0.3 is 26.2 Å². The number of carbonyl (C=O) groups is 4. The minimum absolute atomic E-state index is 0.0106. The first-order chi connectivity index (χ1) is 13.7. The molecule has 5 N–H and O–H groups in total. The van der Waals surface area contributed by atoms with E-state index in [1.165, 1.54) is 6.92 Å². The van der Waals surface area contributed by atoms with Crippen molar-refractivity contribution in [2.75, 3.05) is 13.2 Å². The Kier molecular flexibility index (Phi) is 10.4. The van der Waals surface area contributed by atoms with Gasteiger partial charge in [0.25, 0.3) is 0 Å². The molecular formula is C20H29N3O6. The Morgan fingerprint density at radius 1 is 1.10 bits per heavy atom. The predicted molar refractivity (Wildman–Crippen MR) is 106 cm³/mol. The molecule has 0 aliphatic rings. The highest BCUT2D eigenvalue weighted by Crippen LogP contribution is 2.13. The van der Waals surface area contributed by atoms with E-state index in [4.69, 9.17) is 15.6 Å². The quantitative estimate of drug-likeness (QED) is 0.346. The molecule has 0 heterocycles. The predicted octanol–water partition coefficient (Wildman–Crippen LogP) is 0.400. The molecule has 0 saturated carbocycles. The number of ketones is 1. The molecule has 0 aliphatic heterocycles. The van der Waals surface area contributed by atoms with Crippen LogP contribution in [0.15, 0.2) is 24.3 Å². The second-order valence-electron chi connectivity index (χ2n) is 6.83. The summed E-state index contributed by atoms with van der Waals surface area (Å²) in [5, 5.41) is 13.8. The van der Waals surface area contributed by atoms with Crippen LogP contribution in [0.2, 0.25) is 0 Å². The minimum Gasteiger partial charge on any atom is -0.492 e. The summed E-state index contributed by atoms with van der Waals surface area (Å²) in [4.78, 5) is 45.1. The molecule has 1 aromatic carbocycles. The SMILES string of the molecule is CC(=O)C(N)Cc1ccc(OCCNC(=O)CCC(=O)NC(C)CC(=O)O)cc1. The molecule has 2 amide bonds. The van der Waals surface area contributed by atoms with Crippen LogP contribution < -0.4 is 21.1 Å². The molecule has 2 unspecified atom stereocenters. The zero-order chi connectivity index (χ0) is 21.8. The number of aliphatic carboxylic acids is 1. The Labute approximate surface area is 170 Å². The van der Waals surface area contributed by atoms with Gasteiger partial charge in [0.15, 0.2) is 0 Å². The highest BCUT2D eigenvalue weighted by atomic mass is 16.5. The van der Waals surface area contributed by atoms with Crippen LogP contribution in [0.25, 0.3) is 0 Å². The number of nitrogens with two attached hydrogens (primary N) is 1. The largest absolute Gasteiger partial charge is 0.492 e. The zero-order valence-electron chi connectivity index (χ0n) is 16.8. The van der Waals surface area contributed by atoms with Crippen LogP contribution in [-0.4, -0.2) is 53.9 Å². The van der Waals surface area contributed by atoms with Crippen molar-refractivity contribution in [1.82, 2.24) is 10.6 Å². The third kappa shape index (κ3) is 10.8. The van der Waals surface area contributed by atoms with E-state index in [-0.39, 0.29) is 50.0 Å². The van der Waals surface area contributed by atoms with Crippen molar-refractivity contribution in [3.05, 3.63) is 29.8 Å². The number of carboxylic acid groups (broad SMARTS) is 1. The number of Topliss-reactive ketones (excluding diaryl/α,β-unsaturated/α-hetero) is 1. The molecule has 0 spiro atoms. The molecule has 0 aliphatic carbocycles. The molecule has 1 rings (SSSR count). The Bertz CT molecular complexity index is 705. The molecule has 0 saturated heterocycles. The molecule has 29 heavy (non-hydrogen) atoms. The smallest absolute Gasteiger partial charge is 0.305 e. The number of carbonyl (C=O) groups excluding carboxylic acids is 3. The standard InChI is InChI=1S/C20H29N3O6/c1-13(11-20(27)28)23-19(26)8-7-18(25)22-9-10-29-16-5-3-15(4-6-16)12-17(21)14(2)24/h3-6,13,17H,7-12,21H2,1-2H3,(H,22,25)(H,23,26)(H,27,28). The lowest BCUT2D eigenvalue weighted by molar-refractivity contribution is -0.137. The van der Waals surface area contributed by atoms with Gasteiger partial charge in [-0.1, -0.05) is 12.1 Å². The van der Waals surface area contributed by atoms with E-state index in [2.05, 4.69) is 10.6 Å². The summed E-state index contributed by atoms with van der Waals surface area (Å²) >= 11 is 0. The van der Waals surface area contributed by atoms with Crippen molar-refractivity contribution in [3.8, 4) is 5.75 Å². The number of hydrogen-bond acceptors (Lipinski definition) is 6. The van der Waals surface area contributed by atoms with Gasteiger partial charge >= 0.3 is 5.97 Å². The number of nitrogens with one attached hydrogen (secondary N) is 2. The summed E-state index contributed by atoms with van der Waals surface area (Å²) in [5.74, 6) is -1.08. The number of amides is 2. The van der Waals surface area contributed by atoms with Gasteiger partial charge in [-0.05, 0) is 38.0 Å². The van der Waals surface area contributed by atoms with Gasteiger partial charge in [0.2, 0.25) is 11.8 Å². The van der Waals surface area contributed by atoms with Crippen molar-refractivity contribution in [3.63, 3.8) is 0 Å². The van der Waals surface area contributed by atoms with Crippen molar-refractivity contribution in [2.45, 2.75) is 51.6 Å². The van der Waals surface area contributed by atoms with Gasteiger partial charge in [0, 0.05) is 18.9 Å². The van der Waals surface area contributed by atoms with Gasteiger partial charge in [-0.3, -0.25) is 19.2 Å². The Balaban J connectivity index is 2.20. The summed E-state index contributed by atoms with van der Waals surface area (Å²) in [6.45, 7) is 3.60. The number of hydrogen-bond donors (Lipinski definition) is 4. The van der Waals surface area contributed by atoms with Crippen LogP contribution in [0.5, 0.6) is 5.75 Å². The van der Waals surface area contributed by atoms with Crippen molar-refractivity contribution in [2.24, 2.45) is 5.73 Å². The fraction of sp³-hybridized carbons (Fsp3) is 0.500. The lowest BCUT2D eigenvalue weighted by atomic mass is 10.0. The average Bonchev–Trinajstić information content (AvgIpc) is 2.64. The van der Waals surface area contributed by atoms with Crippen molar-refractivity contribution >= 4 is 23.6 Å². The van der Waals surface area contributed by atoms with Crippen molar-refractivity contribution < 1.29 is 29.0 Å². The van der Waals surface area contributed by atoms with E-state index in [1.807, 2.05) is 12.1 Å². The molecule has 0 aromatic heterocycles. The monoisotopic (exact) mass is 407 g/mol. The molecule has 160 valence electrons. The maximum absolute atomic E-state index is 11.7. The summed E-state index contributed by atoms with van der Waals surface area (Å²) < 4.78 is 5.53. The second-order valence-corrected chi connectivity index (χ2v) is 6.83. The molecule has 9 nitrogen and oxygen atoms in total. The lowest BCUT2D eigenvalue weighted by Gasteiger charge is -2.12.